The number of fused-ring (bicyclic) bond motifs is 1. The van der Waals surface area contributed by atoms with Crippen LogP contribution < -0.4 is 4.90 Å². The fraction of sp³-hybridized carbons (Fsp3) is 0.208. The third-order valence-electron chi connectivity index (χ3n) is 5.56. The van der Waals surface area contributed by atoms with E-state index in [0.717, 1.165) is 21.3 Å². The number of carbonyl (C=O) groups excluding carboxylic acids is 1. The van der Waals surface area contributed by atoms with Crippen molar-refractivity contribution < 1.29 is 13.2 Å². The van der Waals surface area contributed by atoms with E-state index in [4.69, 9.17) is 23.2 Å². The molecule has 0 spiro atoms. The molecule has 5 nitrogen and oxygen atoms in total. The van der Waals surface area contributed by atoms with Crippen LogP contribution in [0.3, 0.4) is 0 Å². The van der Waals surface area contributed by atoms with Crippen molar-refractivity contribution in [3.05, 3.63) is 92.4 Å². The predicted octanol–water partition coefficient (Wildman–Crippen LogP) is 5.92. The molecular weight excluding hydrogens is 547 g/mol. The van der Waals surface area contributed by atoms with Crippen LogP contribution in [0.15, 0.2) is 76.1 Å². The van der Waals surface area contributed by atoms with Crippen LogP contribution in [0.1, 0.15) is 18.1 Å². The lowest BCUT2D eigenvalue weighted by molar-refractivity contribution is -0.119. The molecule has 172 valence electrons. The summed E-state index contributed by atoms with van der Waals surface area (Å²) in [6.07, 6.45) is 0.710. The van der Waals surface area contributed by atoms with Gasteiger partial charge in [0, 0.05) is 32.8 Å². The van der Waals surface area contributed by atoms with Crippen molar-refractivity contribution in [2.75, 3.05) is 11.4 Å². The van der Waals surface area contributed by atoms with Crippen molar-refractivity contribution in [1.82, 2.24) is 4.31 Å². The number of rotatable bonds is 6. The summed E-state index contributed by atoms with van der Waals surface area (Å²) in [7, 11) is -3.97. The molecule has 9 heteroatoms. The molecule has 0 unspecified atom stereocenters. The van der Waals surface area contributed by atoms with E-state index < -0.39 is 10.0 Å². The summed E-state index contributed by atoms with van der Waals surface area (Å²) in [6, 6.07) is 18.5. The summed E-state index contributed by atoms with van der Waals surface area (Å²) in [5.41, 5.74) is 2.59. The Labute approximate surface area is 212 Å². The second-order valence-electron chi connectivity index (χ2n) is 7.94. The fourth-order valence-electron chi connectivity index (χ4n) is 3.98. The average molecular weight is 568 g/mol. The number of anilines is 1. The Morgan fingerprint density at radius 3 is 2.27 bits per heavy atom. The van der Waals surface area contributed by atoms with Gasteiger partial charge in [-0.05, 0) is 79.1 Å². The quantitative estimate of drug-likeness (QED) is 0.371. The summed E-state index contributed by atoms with van der Waals surface area (Å²) in [4.78, 5) is 15.2. The highest BCUT2D eigenvalue weighted by molar-refractivity contribution is 9.10. The predicted molar refractivity (Wildman–Crippen MR) is 135 cm³/mol. The highest BCUT2D eigenvalue weighted by atomic mass is 79.9. The standard InChI is InChI=1S/C24H21BrCl2N2O3S/c1-16-12-18-13-19(25)4-11-23(18)29(16)24(30)15-28(14-17-2-5-20(26)6-3-17)33(31,32)22-9-7-21(27)8-10-22/h2-11,13,16H,12,14-15H2,1H3/t16-/m1/s1. The van der Waals surface area contributed by atoms with Crippen molar-refractivity contribution in [2.24, 2.45) is 0 Å². The van der Waals surface area contributed by atoms with Crippen molar-refractivity contribution in [3.63, 3.8) is 0 Å². The molecule has 3 aromatic carbocycles. The Bertz CT molecular complexity index is 1280. The number of sulfonamides is 1. The average Bonchev–Trinajstić information content (AvgIpc) is 3.09. The van der Waals surface area contributed by atoms with Crippen LogP contribution >= 0.6 is 39.1 Å². The van der Waals surface area contributed by atoms with Crippen LogP contribution in [-0.2, 0) is 27.8 Å². The maximum absolute atomic E-state index is 13.5. The van der Waals surface area contributed by atoms with Gasteiger partial charge >= 0.3 is 0 Å². The summed E-state index contributed by atoms with van der Waals surface area (Å²) in [5.74, 6) is -0.282. The van der Waals surface area contributed by atoms with Crippen LogP contribution in [0, 0.1) is 0 Å². The lowest BCUT2D eigenvalue weighted by Gasteiger charge is -2.27. The van der Waals surface area contributed by atoms with Gasteiger partial charge in [0.05, 0.1) is 11.4 Å². The van der Waals surface area contributed by atoms with E-state index in [1.807, 2.05) is 25.1 Å². The molecule has 0 N–H and O–H groups in total. The summed E-state index contributed by atoms with van der Waals surface area (Å²) in [6.45, 7) is 1.69. The van der Waals surface area contributed by atoms with E-state index in [9.17, 15) is 13.2 Å². The molecule has 0 bridgehead atoms. The minimum atomic E-state index is -3.97. The number of halogens is 3. The first kappa shape index (κ1) is 24.2. The normalized spacial score (nSPS) is 15.7. The Kier molecular flexibility index (Phi) is 7.17. The van der Waals surface area contributed by atoms with Crippen molar-refractivity contribution in [1.29, 1.82) is 0 Å². The smallest absolute Gasteiger partial charge is 0.243 e. The molecule has 0 saturated heterocycles. The molecule has 1 heterocycles. The van der Waals surface area contributed by atoms with Crippen LogP contribution in [0.4, 0.5) is 5.69 Å². The third-order valence-corrected chi connectivity index (χ3v) is 8.36. The van der Waals surface area contributed by atoms with Gasteiger partial charge in [0.1, 0.15) is 0 Å². The summed E-state index contributed by atoms with van der Waals surface area (Å²) < 4.78 is 29.2. The molecule has 33 heavy (non-hydrogen) atoms. The van der Waals surface area contributed by atoms with Crippen molar-refractivity contribution in [3.8, 4) is 0 Å². The second-order valence-corrected chi connectivity index (χ2v) is 11.7. The van der Waals surface area contributed by atoms with Gasteiger partial charge in [0.15, 0.2) is 0 Å². The zero-order valence-electron chi connectivity index (χ0n) is 17.7. The zero-order chi connectivity index (χ0) is 23.8. The Morgan fingerprint density at radius 1 is 1.03 bits per heavy atom. The van der Waals surface area contributed by atoms with E-state index in [2.05, 4.69) is 15.9 Å². The SMILES string of the molecule is C[C@@H]1Cc2cc(Br)ccc2N1C(=O)CN(Cc1ccc(Cl)cc1)S(=O)(=O)c1ccc(Cl)cc1. The number of nitrogens with zero attached hydrogens (tertiary/aromatic N) is 2. The van der Waals surface area contributed by atoms with Gasteiger partial charge < -0.3 is 4.90 Å². The van der Waals surface area contributed by atoms with Gasteiger partial charge in [-0.15, -0.1) is 0 Å². The number of hydrogen-bond acceptors (Lipinski definition) is 3. The molecule has 1 aliphatic rings. The maximum atomic E-state index is 13.5. The van der Waals surface area contributed by atoms with Gasteiger partial charge in [-0.2, -0.15) is 4.31 Å². The Balaban J connectivity index is 1.67. The van der Waals surface area contributed by atoms with Gasteiger partial charge in [0.2, 0.25) is 15.9 Å². The molecule has 3 aromatic rings. The highest BCUT2D eigenvalue weighted by Gasteiger charge is 2.34. The first-order valence-electron chi connectivity index (χ1n) is 10.3. The fourth-order valence-corrected chi connectivity index (χ4v) is 6.02. The van der Waals surface area contributed by atoms with E-state index in [-0.39, 0.29) is 29.9 Å². The topological polar surface area (TPSA) is 57.7 Å². The molecule has 1 atom stereocenters. The van der Waals surface area contributed by atoms with Crippen LogP contribution in [0.2, 0.25) is 10.0 Å². The van der Waals surface area contributed by atoms with Gasteiger partial charge in [-0.3, -0.25) is 4.79 Å². The molecule has 0 aliphatic carbocycles. The monoisotopic (exact) mass is 566 g/mol. The maximum Gasteiger partial charge on any atom is 0.243 e. The largest absolute Gasteiger partial charge is 0.308 e. The van der Waals surface area contributed by atoms with Crippen molar-refractivity contribution >= 4 is 60.7 Å². The van der Waals surface area contributed by atoms with Crippen LogP contribution in [0.25, 0.3) is 0 Å². The van der Waals surface area contributed by atoms with Crippen molar-refractivity contribution in [2.45, 2.75) is 30.8 Å². The van der Waals surface area contributed by atoms with E-state index >= 15 is 0 Å². The number of benzene rings is 3. The summed E-state index contributed by atoms with van der Waals surface area (Å²) in [5, 5.41) is 0.985. The lowest BCUT2D eigenvalue weighted by Crippen LogP contribution is -2.44. The van der Waals surface area contributed by atoms with Crippen LogP contribution in [-0.4, -0.2) is 31.2 Å². The molecule has 0 aromatic heterocycles. The third kappa shape index (κ3) is 5.28. The molecule has 0 radical (unpaired) electrons. The van der Waals surface area contributed by atoms with Gasteiger partial charge in [-0.25, -0.2) is 8.42 Å². The molecular formula is C24H21BrCl2N2O3S. The number of carbonyl (C=O) groups is 1. The molecule has 4 rings (SSSR count). The Morgan fingerprint density at radius 2 is 1.64 bits per heavy atom. The first-order chi connectivity index (χ1) is 15.6. The first-order valence-corrected chi connectivity index (χ1v) is 13.2. The molecule has 0 fully saturated rings. The van der Waals surface area contributed by atoms with Gasteiger partial charge in [-0.1, -0.05) is 51.3 Å². The second kappa shape index (κ2) is 9.76. The van der Waals surface area contributed by atoms with E-state index in [0.29, 0.717) is 16.5 Å². The lowest BCUT2D eigenvalue weighted by atomic mass is 10.1. The number of amides is 1. The molecule has 1 aliphatic heterocycles. The minimum Gasteiger partial charge on any atom is -0.308 e. The zero-order valence-corrected chi connectivity index (χ0v) is 21.6. The number of hydrogen-bond donors (Lipinski definition) is 0. The van der Waals surface area contributed by atoms with Crippen LogP contribution in [0.5, 0.6) is 0 Å². The van der Waals surface area contributed by atoms with Gasteiger partial charge in [0.25, 0.3) is 0 Å². The van der Waals surface area contributed by atoms with E-state index in [1.54, 1.807) is 29.2 Å². The summed E-state index contributed by atoms with van der Waals surface area (Å²) >= 11 is 15.4. The molecule has 1 amide bonds. The minimum absolute atomic E-state index is 0.0310. The highest BCUT2D eigenvalue weighted by Crippen LogP contribution is 2.34. The Hall–Kier alpha value is -1.90. The molecule has 0 saturated carbocycles. The van der Waals surface area contributed by atoms with E-state index in [1.165, 1.54) is 28.6 Å².